The van der Waals surface area contributed by atoms with Gasteiger partial charge in [0.1, 0.15) is 5.82 Å². The summed E-state index contributed by atoms with van der Waals surface area (Å²) >= 11 is 1.52. The van der Waals surface area contributed by atoms with Crippen LogP contribution in [0.15, 0.2) is 64.6 Å². The number of rotatable bonds is 10. The molecule has 0 fully saturated rings. The Balaban J connectivity index is -0.000000660. The monoisotopic (exact) mass is 584 g/mol. The Kier molecular flexibility index (Phi) is 28.8. The van der Waals surface area contributed by atoms with Crippen LogP contribution >= 0.6 is 12.6 Å². The molecule has 0 heterocycles. The van der Waals surface area contributed by atoms with Gasteiger partial charge < -0.3 is 24.7 Å². The molecule has 39 heavy (non-hydrogen) atoms. The lowest BCUT2D eigenvalue weighted by Gasteiger charge is -2.09. The van der Waals surface area contributed by atoms with Crippen molar-refractivity contribution in [2.24, 2.45) is 0 Å². The van der Waals surface area contributed by atoms with Crippen molar-refractivity contribution in [1.29, 1.82) is 0 Å². The van der Waals surface area contributed by atoms with Gasteiger partial charge in [0.15, 0.2) is 11.1 Å². The lowest BCUT2D eigenvalue weighted by atomic mass is 10.2. The first-order valence-electron chi connectivity index (χ1n) is 11.8. The molecular formula is C28H41FN2O6S2. The summed E-state index contributed by atoms with van der Waals surface area (Å²) in [5.41, 5.74) is -0.249. The number of anilines is 1. The van der Waals surface area contributed by atoms with Crippen LogP contribution in [0.25, 0.3) is 0 Å². The van der Waals surface area contributed by atoms with Crippen LogP contribution < -0.4 is 10.6 Å². The molecule has 1 unspecified atom stereocenters. The van der Waals surface area contributed by atoms with Gasteiger partial charge in [0, 0.05) is 19.3 Å². The second kappa shape index (κ2) is 27.9. The number of benzene rings is 1. The average molecular weight is 585 g/mol. The summed E-state index contributed by atoms with van der Waals surface area (Å²) in [6.07, 6.45) is 16.4. The third-order valence-corrected chi connectivity index (χ3v) is 5.07. The summed E-state index contributed by atoms with van der Waals surface area (Å²) in [7, 11) is 2.99. The smallest absolute Gasteiger partial charge is 0.340 e. The molecule has 11 heteroatoms. The molecule has 0 saturated heterocycles. The lowest BCUT2D eigenvalue weighted by molar-refractivity contribution is -0.112. The first-order valence-corrected chi connectivity index (χ1v) is 13.4. The highest BCUT2D eigenvalue weighted by atomic mass is 32.2. The molecule has 8 nitrogen and oxygen atoms in total. The molecule has 1 amide bonds. The van der Waals surface area contributed by atoms with E-state index in [1.165, 1.54) is 18.2 Å². The van der Waals surface area contributed by atoms with Crippen molar-refractivity contribution in [3.63, 3.8) is 0 Å². The van der Waals surface area contributed by atoms with E-state index < -0.39 is 28.8 Å². The third kappa shape index (κ3) is 21.5. The zero-order valence-electron chi connectivity index (χ0n) is 23.6. The van der Waals surface area contributed by atoms with Gasteiger partial charge in [0.05, 0.1) is 29.1 Å². The van der Waals surface area contributed by atoms with Crippen molar-refractivity contribution in [3.05, 3.63) is 76.0 Å². The molecule has 0 bridgehead atoms. The average Bonchev–Trinajstić information content (AvgIpc) is 2.92. The fourth-order valence-electron chi connectivity index (χ4n) is 2.06. The standard InChI is InChI=1S/C14H14FNO5S2.C6H12O.C5H11N.C3H4/c1-3-4-11(23(19)20)12(22)13(17)16-8-5-6-10(15)9(7-8)14(18)21-2;1-3-5-6-7-4-2;1-3-4-5-6-2;1-3-2/h3-7,22H,1-2H3,(H,16,17)(H,19,20);3,5H,4,6H2,1-2H3;4-6H,3H2,1-2H3;1H,2H3/b4-3-,12-11+;5-3-;5-4+;. The van der Waals surface area contributed by atoms with Gasteiger partial charge in [-0.3, -0.25) is 4.79 Å². The molecule has 218 valence electrons. The maximum atomic E-state index is 13.5. The summed E-state index contributed by atoms with van der Waals surface area (Å²) in [6, 6.07) is 3.30. The van der Waals surface area contributed by atoms with E-state index in [1.807, 2.05) is 39.2 Å². The molecule has 1 aromatic rings. The number of nitrogens with one attached hydrogen (secondary N) is 2. The molecule has 3 N–H and O–H groups in total. The van der Waals surface area contributed by atoms with Crippen molar-refractivity contribution in [1.82, 2.24) is 5.32 Å². The number of terminal acetylenes is 1. The predicted molar refractivity (Wildman–Crippen MR) is 162 cm³/mol. The minimum Gasteiger partial charge on any atom is -0.465 e. The SMILES string of the molecule is C#CC.C/C=C\C(=C(/S)C(=O)Nc1ccc(F)c(C(=O)OC)c1)S(=O)O.C/C=C\COCC.CC/C=C/NC. The number of ether oxygens (including phenoxy) is 2. The van der Waals surface area contributed by atoms with E-state index in [4.69, 9.17) is 9.29 Å². The second-order valence-electron chi connectivity index (χ2n) is 6.72. The van der Waals surface area contributed by atoms with Crippen LogP contribution in [-0.4, -0.2) is 48.0 Å². The summed E-state index contributed by atoms with van der Waals surface area (Å²) < 4.78 is 43.2. The Labute approximate surface area is 240 Å². The van der Waals surface area contributed by atoms with Gasteiger partial charge in [0.25, 0.3) is 5.91 Å². The zero-order valence-corrected chi connectivity index (χ0v) is 25.3. The van der Waals surface area contributed by atoms with Crippen molar-refractivity contribution in [2.75, 3.05) is 32.7 Å². The number of amides is 1. The molecular weight excluding hydrogens is 543 g/mol. The summed E-state index contributed by atoms with van der Waals surface area (Å²) in [5.74, 6) is -0.236. The van der Waals surface area contributed by atoms with E-state index in [2.05, 4.69) is 53.3 Å². The quantitative estimate of drug-likeness (QED) is 0.0398. The number of hydrogen-bond donors (Lipinski definition) is 4. The van der Waals surface area contributed by atoms with E-state index >= 15 is 0 Å². The van der Waals surface area contributed by atoms with Crippen molar-refractivity contribution >= 4 is 41.3 Å². The molecule has 1 rings (SSSR count). The third-order valence-electron chi connectivity index (χ3n) is 3.76. The van der Waals surface area contributed by atoms with Gasteiger partial charge in [0.2, 0.25) is 0 Å². The normalized spacial score (nSPS) is 11.5. The van der Waals surface area contributed by atoms with Crippen LogP contribution in [0.1, 0.15) is 51.4 Å². The number of carbonyl (C=O) groups is 2. The number of methoxy groups -OCH3 is 1. The van der Waals surface area contributed by atoms with E-state index in [0.29, 0.717) is 0 Å². The number of allylic oxidation sites excluding steroid dienone is 4. The Morgan fingerprint density at radius 3 is 2.26 bits per heavy atom. The summed E-state index contributed by atoms with van der Waals surface area (Å²) in [6.45, 7) is 10.9. The first kappa shape index (κ1) is 40.3. The molecule has 0 aliphatic heterocycles. The largest absolute Gasteiger partial charge is 0.465 e. The van der Waals surface area contributed by atoms with Crippen LogP contribution in [0.3, 0.4) is 0 Å². The number of halogens is 1. The van der Waals surface area contributed by atoms with Gasteiger partial charge in [-0.05, 0) is 64.6 Å². The number of carbonyl (C=O) groups excluding carboxylic acids is 2. The molecule has 0 saturated carbocycles. The van der Waals surface area contributed by atoms with Gasteiger partial charge in [-0.25, -0.2) is 13.4 Å². The van der Waals surface area contributed by atoms with E-state index in [1.54, 1.807) is 13.8 Å². The molecule has 0 radical (unpaired) electrons. The van der Waals surface area contributed by atoms with Crippen LogP contribution in [0.4, 0.5) is 10.1 Å². The van der Waals surface area contributed by atoms with Crippen LogP contribution in [0.5, 0.6) is 0 Å². The lowest BCUT2D eigenvalue weighted by Crippen LogP contribution is -2.15. The minimum atomic E-state index is -2.41. The van der Waals surface area contributed by atoms with Crippen molar-refractivity contribution < 1.29 is 32.2 Å². The summed E-state index contributed by atoms with van der Waals surface area (Å²) in [4.78, 5) is 23.0. The fourth-order valence-corrected chi connectivity index (χ4v) is 2.94. The van der Waals surface area contributed by atoms with Gasteiger partial charge in [-0.1, -0.05) is 31.2 Å². The van der Waals surface area contributed by atoms with Crippen LogP contribution in [0, 0.1) is 18.2 Å². The molecule has 1 aromatic carbocycles. The van der Waals surface area contributed by atoms with Crippen molar-refractivity contribution in [2.45, 2.75) is 41.0 Å². The number of thiol groups is 1. The molecule has 0 aromatic heterocycles. The highest BCUT2D eigenvalue weighted by molar-refractivity contribution is 7.89. The second-order valence-corrected chi connectivity index (χ2v) is 8.10. The Morgan fingerprint density at radius 1 is 1.23 bits per heavy atom. The minimum absolute atomic E-state index is 0.104. The van der Waals surface area contributed by atoms with Gasteiger partial charge in [-0.15, -0.1) is 25.0 Å². The highest BCUT2D eigenvalue weighted by Crippen LogP contribution is 2.19. The Morgan fingerprint density at radius 2 is 1.85 bits per heavy atom. The van der Waals surface area contributed by atoms with Gasteiger partial charge >= 0.3 is 5.97 Å². The van der Waals surface area contributed by atoms with Crippen LogP contribution in [0.2, 0.25) is 0 Å². The number of hydrogen-bond acceptors (Lipinski definition) is 7. The summed E-state index contributed by atoms with van der Waals surface area (Å²) in [5, 5.41) is 5.24. The Hall–Kier alpha value is -3.17. The van der Waals surface area contributed by atoms with E-state index in [0.717, 1.165) is 38.9 Å². The maximum Gasteiger partial charge on any atom is 0.340 e. The molecule has 0 aliphatic carbocycles. The topological polar surface area (TPSA) is 114 Å². The maximum absolute atomic E-state index is 13.5. The number of esters is 1. The van der Waals surface area contributed by atoms with E-state index in [9.17, 15) is 18.2 Å². The van der Waals surface area contributed by atoms with E-state index in [-0.39, 0.29) is 21.1 Å². The Bertz CT molecular complexity index is 1030. The highest BCUT2D eigenvalue weighted by Gasteiger charge is 2.17. The molecule has 0 aliphatic rings. The molecule has 0 spiro atoms. The van der Waals surface area contributed by atoms with Crippen LogP contribution in [-0.2, 0) is 25.3 Å². The van der Waals surface area contributed by atoms with Gasteiger partial charge in [-0.2, -0.15) is 0 Å². The first-order chi connectivity index (χ1) is 18.6. The predicted octanol–water partition coefficient (Wildman–Crippen LogP) is 5.86. The van der Waals surface area contributed by atoms with Crippen molar-refractivity contribution in [3.8, 4) is 12.3 Å². The fraction of sp³-hybridized carbons (Fsp3) is 0.357. The zero-order chi connectivity index (χ0) is 30.6. The molecule has 1 atom stereocenters.